The van der Waals surface area contributed by atoms with Crippen LogP contribution >= 0.6 is 15.9 Å². The second kappa shape index (κ2) is 5.26. The van der Waals surface area contributed by atoms with Gasteiger partial charge in [0, 0.05) is 23.1 Å². The molecule has 0 atom stereocenters. The van der Waals surface area contributed by atoms with Crippen LogP contribution in [0, 0.1) is 12.3 Å². The third kappa shape index (κ3) is 3.46. The van der Waals surface area contributed by atoms with E-state index in [0.29, 0.717) is 23.1 Å². The lowest BCUT2D eigenvalue weighted by molar-refractivity contribution is -0.137. The van der Waals surface area contributed by atoms with Crippen molar-refractivity contribution >= 4 is 21.6 Å². The predicted molar refractivity (Wildman–Crippen MR) is 61.1 cm³/mol. The van der Waals surface area contributed by atoms with Crippen LogP contribution in [-0.4, -0.2) is 6.54 Å². The fourth-order valence-electron chi connectivity index (χ4n) is 1.11. The molecule has 0 saturated heterocycles. The highest BCUT2D eigenvalue weighted by atomic mass is 79.9. The van der Waals surface area contributed by atoms with E-state index in [1.807, 2.05) is 0 Å². The van der Waals surface area contributed by atoms with Crippen LogP contribution in [0.1, 0.15) is 12.0 Å². The minimum Gasteiger partial charge on any atom is -0.383 e. The maximum Gasteiger partial charge on any atom is 0.416 e. The molecule has 16 heavy (non-hydrogen) atoms. The largest absolute Gasteiger partial charge is 0.416 e. The smallest absolute Gasteiger partial charge is 0.383 e. The van der Waals surface area contributed by atoms with Gasteiger partial charge in [-0.1, -0.05) is 0 Å². The van der Waals surface area contributed by atoms with Crippen LogP contribution in [0.15, 0.2) is 22.7 Å². The molecule has 0 saturated carbocycles. The van der Waals surface area contributed by atoms with Gasteiger partial charge >= 0.3 is 6.18 Å². The molecule has 0 heterocycles. The molecule has 1 aromatic carbocycles. The second-order valence-electron chi connectivity index (χ2n) is 3.07. The van der Waals surface area contributed by atoms with E-state index in [2.05, 4.69) is 27.2 Å². The number of benzene rings is 1. The molecule has 5 heteroatoms. The Balaban J connectivity index is 2.88. The van der Waals surface area contributed by atoms with E-state index in [0.717, 1.165) is 12.1 Å². The zero-order valence-corrected chi connectivity index (χ0v) is 9.82. The molecule has 0 bridgehead atoms. The molecule has 0 aliphatic heterocycles. The van der Waals surface area contributed by atoms with E-state index in [-0.39, 0.29) is 0 Å². The Bertz CT molecular complexity index is 407. The summed E-state index contributed by atoms with van der Waals surface area (Å²) >= 11 is 3.17. The van der Waals surface area contributed by atoms with Gasteiger partial charge in [-0.05, 0) is 34.1 Å². The van der Waals surface area contributed by atoms with E-state index < -0.39 is 11.7 Å². The van der Waals surface area contributed by atoms with Gasteiger partial charge in [-0.2, -0.15) is 13.2 Å². The fourth-order valence-corrected chi connectivity index (χ4v) is 1.49. The first kappa shape index (κ1) is 12.9. The van der Waals surface area contributed by atoms with Crippen molar-refractivity contribution in [1.29, 1.82) is 0 Å². The molecule has 0 fully saturated rings. The number of hydrogen-bond acceptors (Lipinski definition) is 1. The summed E-state index contributed by atoms with van der Waals surface area (Å²) in [5, 5.41) is 2.84. The second-order valence-corrected chi connectivity index (χ2v) is 3.93. The van der Waals surface area contributed by atoms with E-state index in [1.165, 1.54) is 6.07 Å². The summed E-state index contributed by atoms with van der Waals surface area (Å²) in [6.45, 7) is 0.441. The number of nitrogens with one attached hydrogen (secondary N) is 1. The topological polar surface area (TPSA) is 12.0 Å². The molecule has 0 radical (unpaired) electrons. The fraction of sp³-hybridized carbons (Fsp3) is 0.273. The van der Waals surface area contributed by atoms with E-state index in [4.69, 9.17) is 6.42 Å². The van der Waals surface area contributed by atoms with Gasteiger partial charge in [0.05, 0.1) is 5.56 Å². The Hall–Kier alpha value is -1.15. The van der Waals surface area contributed by atoms with Gasteiger partial charge in [-0.25, -0.2) is 0 Å². The molecular formula is C11H9BrF3N. The molecule has 0 spiro atoms. The highest BCUT2D eigenvalue weighted by molar-refractivity contribution is 9.10. The minimum absolute atomic E-state index is 0.394. The average Bonchev–Trinajstić information content (AvgIpc) is 2.19. The van der Waals surface area contributed by atoms with Gasteiger partial charge in [0.15, 0.2) is 0 Å². The van der Waals surface area contributed by atoms with Gasteiger partial charge in [0.2, 0.25) is 0 Å². The third-order valence-corrected chi connectivity index (χ3v) is 2.57. The van der Waals surface area contributed by atoms with Crippen molar-refractivity contribution in [3.05, 3.63) is 28.2 Å². The highest BCUT2D eigenvalue weighted by Gasteiger charge is 2.30. The van der Waals surface area contributed by atoms with Gasteiger partial charge in [-0.3, -0.25) is 0 Å². The zero-order chi connectivity index (χ0) is 12.2. The molecule has 0 aliphatic carbocycles. The quantitative estimate of drug-likeness (QED) is 0.658. The van der Waals surface area contributed by atoms with Crippen molar-refractivity contribution in [2.45, 2.75) is 12.6 Å². The van der Waals surface area contributed by atoms with Gasteiger partial charge in [-0.15, -0.1) is 12.3 Å². The van der Waals surface area contributed by atoms with Gasteiger partial charge in [0.1, 0.15) is 0 Å². The Kier molecular flexibility index (Phi) is 4.25. The summed E-state index contributed by atoms with van der Waals surface area (Å²) in [7, 11) is 0. The Labute approximate surface area is 100 Å². The maximum atomic E-state index is 12.4. The van der Waals surface area contributed by atoms with Gasteiger partial charge in [0.25, 0.3) is 0 Å². The first-order chi connectivity index (χ1) is 7.45. The van der Waals surface area contributed by atoms with Crippen molar-refractivity contribution in [3.63, 3.8) is 0 Å². The summed E-state index contributed by atoms with van der Waals surface area (Å²) in [6.07, 6.45) is 1.18. The van der Waals surface area contributed by atoms with Crippen molar-refractivity contribution in [2.24, 2.45) is 0 Å². The minimum atomic E-state index is -4.33. The molecule has 0 unspecified atom stereocenters. The lowest BCUT2D eigenvalue weighted by Gasteiger charge is -2.11. The number of terminal acetylenes is 1. The summed E-state index contributed by atoms with van der Waals surface area (Å²) < 4.78 is 37.8. The highest BCUT2D eigenvalue weighted by Crippen LogP contribution is 2.33. The summed E-state index contributed by atoms with van der Waals surface area (Å²) in [4.78, 5) is 0. The Morgan fingerprint density at radius 1 is 1.38 bits per heavy atom. The lowest BCUT2D eigenvalue weighted by Crippen LogP contribution is -2.07. The van der Waals surface area contributed by atoms with E-state index in [1.54, 1.807) is 0 Å². The summed E-state index contributed by atoms with van der Waals surface area (Å²) in [5.74, 6) is 2.40. The van der Waals surface area contributed by atoms with E-state index >= 15 is 0 Å². The van der Waals surface area contributed by atoms with Crippen molar-refractivity contribution in [2.75, 3.05) is 11.9 Å². The molecule has 1 rings (SSSR count). The Morgan fingerprint density at radius 2 is 2.06 bits per heavy atom. The van der Waals surface area contributed by atoms with Crippen LogP contribution < -0.4 is 5.32 Å². The summed E-state index contributed by atoms with van der Waals surface area (Å²) in [5.41, 5.74) is -0.288. The molecule has 1 nitrogen and oxygen atoms in total. The number of alkyl halides is 3. The zero-order valence-electron chi connectivity index (χ0n) is 8.24. The van der Waals surface area contributed by atoms with Crippen molar-refractivity contribution < 1.29 is 13.2 Å². The standard InChI is InChI=1S/C11H9BrF3N/c1-2-3-6-16-10-7-8(11(13,14)15)4-5-9(10)12/h1,4-5,7,16H,3,6H2. The molecule has 0 aromatic heterocycles. The Morgan fingerprint density at radius 3 is 2.62 bits per heavy atom. The number of hydrogen-bond donors (Lipinski definition) is 1. The van der Waals surface area contributed by atoms with Crippen LogP contribution in [0.4, 0.5) is 18.9 Å². The van der Waals surface area contributed by atoms with Crippen LogP contribution in [0.3, 0.4) is 0 Å². The average molecular weight is 292 g/mol. The van der Waals surface area contributed by atoms with Crippen LogP contribution in [0.25, 0.3) is 0 Å². The molecule has 0 amide bonds. The normalized spacial score (nSPS) is 10.9. The predicted octanol–water partition coefficient (Wildman–Crippen LogP) is 3.90. The SMILES string of the molecule is C#CCCNc1cc(C(F)(F)F)ccc1Br. The first-order valence-corrected chi connectivity index (χ1v) is 5.28. The number of halogens is 4. The van der Waals surface area contributed by atoms with Crippen LogP contribution in [-0.2, 0) is 6.18 Å². The molecule has 0 aliphatic rings. The third-order valence-electron chi connectivity index (χ3n) is 1.88. The van der Waals surface area contributed by atoms with E-state index in [9.17, 15) is 13.2 Å². The van der Waals surface area contributed by atoms with Crippen LogP contribution in [0.5, 0.6) is 0 Å². The van der Waals surface area contributed by atoms with Gasteiger partial charge < -0.3 is 5.32 Å². The number of rotatable bonds is 3. The monoisotopic (exact) mass is 291 g/mol. The first-order valence-electron chi connectivity index (χ1n) is 4.49. The van der Waals surface area contributed by atoms with Crippen molar-refractivity contribution in [1.82, 2.24) is 0 Å². The summed E-state index contributed by atoms with van der Waals surface area (Å²) in [6, 6.07) is 3.44. The van der Waals surface area contributed by atoms with Crippen LogP contribution in [0.2, 0.25) is 0 Å². The lowest BCUT2D eigenvalue weighted by atomic mass is 10.2. The molecule has 1 N–H and O–H groups in total. The molecule has 1 aromatic rings. The number of anilines is 1. The van der Waals surface area contributed by atoms with Crippen molar-refractivity contribution in [3.8, 4) is 12.3 Å². The molecular weight excluding hydrogens is 283 g/mol. The molecule has 86 valence electrons. The maximum absolute atomic E-state index is 12.4.